The molecule has 0 saturated carbocycles. The van der Waals surface area contributed by atoms with E-state index in [9.17, 15) is 0 Å². The highest BCUT2D eigenvalue weighted by Gasteiger charge is 2.11. The molecule has 28 heavy (non-hydrogen) atoms. The summed E-state index contributed by atoms with van der Waals surface area (Å²) in [5, 5.41) is 3.41. The minimum Gasteiger partial charge on any atom is -0.369 e. The van der Waals surface area contributed by atoms with Crippen molar-refractivity contribution < 1.29 is 0 Å². The fraction of sp³-hybridized carbons (Fsp3) is 0.190. The monoisotopic (exact) mass is 390 g/mol. The molecule has 142 valence electrons. The zero-order valence-electron chi connectivity index (χ0n) is 15.8. The Morgan fingerprint density at radius 1 is 0.964 bits per heavy atom. The van der Waals surface area contributed by atoms with E-state index in [1.165, 1.54) is 5.56 Å². The fourth-order valence-corrected chi connectivity index (χ4v) is 3.00. The zero-order chi connectivity index (χ0) is 18.6. The number of pyridine rings is 3. The molecule has 0 aliphatic carbocycles. The van der Waals surface area contributed by atoms with Gasteiger partial charge in [0.2, 0.25) is 0 Å². The van der Waals surface area contributed by atoms with Gasteiger partial charge in [-0.3, -0.25) is 15.0 Å². The van der Waals surface area contributed by atoms with Crippen molar-refractivity contribution in [1.82, 2.24) is 24.9 Å². The molecule has 0 aliphatic heterocycles. The maximum Gasteiger partial charge on any atom is 0.129 e. The summed E-state index contributed by atoms with van der Waals surface area (Å²) in [7, 11) is 0. The van der Waals surface area contributed by atoms with Crippen LogP contribution in [0.1, 0.15) is 24.1 Å². The molecule has 6 nitrogen and oxygen atoms in total. The third-order valence-corrected chi connectivity index (χ3v) is 4.52. The maximum absolute atomic E-state index is 4.50. The van der Waals surface area contributed by atoms with E-state index in [-0.39, 0.29) is 19.4 Å². The molecular weight excluding hydrogens is 368 g/mol. The lowest BCUT2D eigenvalue weighted by molar-refractivity contribution is 0.804. The number of anilines is 1. The molecule has 0 unspecified atom stereocenters. The van der Waals surface area contributed by atoms with Crippen LogP contribution in [-0.2, 0) is 0 Å². The van der Waals surface area contributed by atoms with Gasteiger partial charge < -0.3 is 5.32 Å². The van der Waals surface area contributed by atoms with Gasteiger partial charge in [-0.05, 0) is 42.8 Å². The minimum absolute atomic E-state index is 0. The number of aryl methyl sites for hydroxylation is 1. The number of nitrogens with one attached hydrogen (secondary N) is 1. The smallest absolute Gasteiger partial charge is 0.129 e. The Balaban J connectivity index is 0.00000225. The lowest BCUT2D eigenvalue weighted by atomic mass is 10.0. The van der Waals surface area contributed by atoms with E-state index < -0.39 is 0 Å². The first kappa shape index (κ1) is 19.7. The normalized spacial score (nSPS) is 11.6. The molecule has 4 aromatic heterocycles. The summed E-state index contributed by atoms with van der Waals surface area (Å²) in [6.45, 7) is 4.87. The summed E-state index contributed by atoms with van der Waals surface area (Å²) >= 11 is 0. The molecule has 0 bridgehead atoms. The second kappa shape index (κ2) is 8.75. The van der Waals surface area contributed by atoms with Crippen molar-refractivity contribution in [1.29, 1.82) is 0 Å². The van der Waals surface area contributed by atoms with E-state index in [4.69, 9.17) is 0 Å². The van der Waals surface area contributed by atoms with Crippen molar-refractivity contribution in [2.24, 2.45) is 0 Å². The van der Waals surface area contributed by atoms with Gasteiger partial charge in [0, 0.05) is 48.4 Å². The molecular formula is C21H22N6S. The summed E-state index contributed by atoms with van der Waals surface area (Å²) in [5.74, 6) is 1.05. The molecule has 4 heterocycles. The number of nitrogens with zero attached hydrogens (tertiary/aromatic N) is 5. The molecule has 1 N–H and O–H groups in total. The molecule has 0 fully saturated rings. The molecule has 0 amide bonds. The second-order valence-corrected chi connectivity index (χ2v) is 6.53. The van der Waals surface area contributed by atoms with Crippen LogP contribution < -0.4 is 5.32 Å². The SMILES string of the molecule is Cc1ccc(-c2cc(NC[C@@H](C)c3ccnc4cccnc34)ncn2)cn1.S. The quantitative estimate of drug-likeness (QED) is 0.552. The van der Waals surface area contributed by atoms with E-state index >= 15 is 0 Å². The van der Waals surface area contributed by atoms with E-state index in [0.29, 0.717) is 0 Å². The van der Waals surface area contributed by atoms with E-state index in [2.05, 4.69) is 37.2 Å². The highest BCUT2D eigenvalue weighted by atomic mass is 32.1. The van der Waals surface area contributed by atoms with Crippen molar-refractivity contribution in [3.05, 3.63) is 72.6 Å². The molecule has 4 aromatic rings. The van der Waals surface area contributed by atoms with Crippen molar-refractivity contribution >= 4 is 30.3 Å². The topological polar surface area (TPSA) is 76.5 Å². The van der Waals surface area contributed by atoms with Gasteiger partial charge in [0.1, 0.15) is 12.1 Å². The van der Waals surface area contributed by atoms with Crippen LogP contribution in [0.25, 0.3) is 22.3 Å². The Morgan fingerprint density at radius 2 is 1.86 bits per heavy atom. The number of hydrogen-bond donors (Lipinski definition) is 1. The molecule has 0 aromatic carbocycles. The molecule has 0 spiro atoms. The zero-order valence-corrected chi connectivity index (χ0v) is 16.8. The Labute approximate surface area is 171 Å². The third kappa shape index (κ3) is 4.26. The first-order valence-corrected chi connectivity index (χ1v) is 8.89. The number of aromatic nitrogens is 5. The van der Waals surface area contributed by atoms with E-state index in [0.717, 1.165) is 40.3 Å². The van der Waals surface area contributed by atoms with Crippen LogP contribution in [0.5, 0.6) is 0 Å². The van der Waals surface area contributed by atoms with Crippen molar-refractivity contribution in [2.45, 2.75) is 19.8 Å². The number of hydrogen-bond acceptors (Lipinski definition) is 6. The second-order valence-electron chi connectivity index (χ2n) is 6.53. The van der Waals surface area contributed by atoms with Crippen LogP contribution in [0.15, 0.2) is 61.3 Å². The Bertz CT molecular complexity index is 1060. The number of fused-ring (bicyclic) bond motifs is 1. The molecule has 4 rings (SSSR count). The Hall–Kier alpha value is -3.06. The largest absolute Gasteiger partial charge is 0.369 e. The average Bonchev–Trinajstić information content (AvgIpc) is 2.72. The minimum atomic E-state index is 0. The summed E-state index contributed by atoms with van der Waals surface area (Å²) in [6, 6.07) is 11.9. The van der Waals surface area contributed by atoms with Gasteiger partial charge >= 0.3 is 0 Å². The van der Waals surface area contributed by atoms with Crippen molar-refractivity contribution in [3.63, 3.8) is 0 Å². The van der Waals surface area contributed by atoms with E-state index in [1.807, 2.05) is 55.7 Å². The lowest BCUT2D eigenvalue weighted by Gasteiger charge is -2.15. The molecule has 7 heteroatoms. The fourth-order valence-electron chi connectivity index (χ4n) is 3.00. The molecule has 0 aliphatic rings. The average molecular weight is 391 g/mol. The van der Waals surface area contributed by atoms with Gasteiger partial charge in [-0.25, -0.2) is 9.97 Å². The van der Waals surface area contributed by atoms with Gasteiger partial charge in [0.05, 0.1) is 16.7 Å². The van der Waals surface area contributed by atoms with Gasteiger partial charge in [0.25, 0.3) is 0 Å². The maximum atomic E-state index is 4.50. The van der Waals surface area contributed by atoms with Crippen molar-refractivity contribution in [3.8, 4) is 11.3 Å². The lowest BCUT2D eigenvalue weighted by Crippen LogP contribution is -2.12. The summed E-state index contributed by atoms with van der Waals surface area (Å²) in [4.78, 5) is 21.9. The first-order chi connectivity index (χ1) is 13.2. The standard InChI is InChI=1S/C21H20N6.H2S/c1-14(17-7-9-22-18-4-3-8-23-21(17)18)11-25-20-10-19(26-13-27-20)16-6-5-15(2)24-12-16;/h3-10,12-14H,11H2,1-2H3,(H,25,26,27);1H2/t14-;/m1./s1. The molecule has 0 radical (unpaired) electrons. The first-order valence-electron chi connectivity index (χ1n) is 8.89. The highest BCUT2D eigenvalue weighted by Crippen LogP contribution is 2.23. The summed E-state index contributed by atoms with van der Waals surface area (Å²) in [6.07, 6.45) is 7.05. The molecule has 0 saturated heterocycles. The van der Waals surface area contributed by atoms with Crippen LogP contribution in [0.3, 0.4) is 0 Å². The third-order valence-electron chi connectivity index (χ3n) is 4.52. The van der Waals surface area contributed by atoms with Crippen LogP contribution >= 0.6 is 13.5 Å². The summed E-state index contributed by atoms with van der Waals surface area (Å²) < 4.78 is 0. The van der Waals surface area contributed by atoms with E-state index in [1.54, 1.807) is 12.5 Å². The highest BCUT2D eigenvalue weighted by molar-refractivity contribution is 7.59. The van der Waals surface area contributed by atoms with Crippen LogP contribution in [-0.4, -0.2) is 31.5 Å². The van der Waals surface area contributed by atoms with Crippen LogP contribution in [0, 0.1) is 6.92 Å². The van der Waals surface area contributed by atoms with Gasteiger partial charge in [-0.15, -0.1) is 0 Å². The van der Waals surface area contributed by atoms with Gasteiger partial charge in [-0.2, -0.15) is 13.5 Å². The van der Waals surface area contributed by atoms with Gasteiger partial charge in [0.15, 0.2) is 0 Å². The molecule has 1 atom stereocenters. The summed E-state index contributed by atoms with van der Waals surface area (Å²) in [5.41, 5.74) is 5.84. The Morgan fingerprint density at radius 3 is 2.68 bits per heavy atom. The van der Waals surface area contributed by atoms with Crippen molar-refractivity contribution in [2.75, 3.05) is 11.9 Å². The van der Waals surface area contributed by atoms with Crippen LogP contribution in [0.4, 0.5) is 5.82 Å². The van der Waals surface area contributed by atoms with Gasteiger partial charge in [-0.1, -0.05) is 6.92 Å². The predicted octanol–water partition coefficient (Wildman–Crippen LogP) is 4.12. The Kier molecular flexibility index (Phi) is 6.16. The number of rotatable bonds is 5. The van der Waals surface area contributed by atoms with Crippen LogP contribution in [0.2, 0.25) is 0 Å². The predicted molar refractivity (Wildman–Crippen MR) is 117 cm³/mol.